The van der Waals surface area contributed by atoms with E-state index in [1.807, 2.05) is 18.7 Å². The number of aliphatic carboxylic acids is 1. The second-order valence-electron chi connectivity index (χ2n) is 3.56. The number of nitrogens with zero attached hydrogens (tertiary/aromatic N) is 1. The Kier molecular flexibility index (Phi) is 5.64. The fraction of sp³-hybridized carbons (Fsp3) is 0.778. The van der Waals surface area contributed by atoms with E-state index in [1.54, 1.807) is 6.92 Å². The molecule has 82 valence electrons. The van der Waals surface area contributed by atoms with Crippen molar-refractivity contribution in [2.45, 2.75) is 39.3 Å². The first kappa shape index (κ1) is 13.3. The van der Waals surface area contributed by atoms with Crippen LogP contribution in [0.4, 0.5) is 0 Å². The maximum absolute atomic E-state index is 10.8. The van der Waals surface area contributed by atoms with Crippen molar-refractivity contribution >= 4 is 23.2 Å². The Labute approximate surface area is 90.1 Å². The molecule has 0 radical (unpaired) electrons. The van der Waals surface area contributed by atoms with Gasteiger partial charge in [-0.1, -0.05) is 12.2 Å². The van der Waals surface area contributed by atoms with Gasteiger partial charge in [-0.2, -0.15) is 0 Å². The smallest absolute Gasteiger partial charge is 0.320 e. The van der Waals surface area contributed by atoms with Crippen LogP contribution in [-0.4, -0.2) is 39.6 Å². The fourth-order valence-corrected chi connectivity index (χ4v) is 1.37. The Morgan fingerprint density at radius 3 is 2.29 bits per heavy atom. The molecule has 1 unspecified atom stereocenters. The van der Waals surface area contributed by atoms with E-state index in [9.17, 15) is 4.79 Å². The molecule has 1 atom stereocenters. The van der Waals surface area contributed by atoms with Crippen LogP contribution in [0.25, 0.3) is 0 Å². The minimum absolute atomic E-state index is 0.176. The minimum Gasteiger partial charge on any atom is -0.480 e. The van der Waals surface area contributed by atoms with Crippen molar-refractivity contribution in [1.29, 1.82) is 0 Å². The van der Waals surface area contributed by atoms with Crippen molar-refractivity contribution in [3.8, 4) is 0 Å². The molecule has 14 heavy (non-hydrogen) atoms. The number of nitrogens with two attached hydrogens (primary N) is 1. The summed E-state index contributed by atoms with van der Waals surface area (Å²) in [6, 6.07) is -0.320. The van der Waals surface area contributed by atoms with E-state index in [0.29, 0.717) is 18.0 Å². The van der Waals surface area contributed by atoms with Crippen LogP contribution in [0.1, 0.15) is 27.2 Å². The summed E-state index contributed by atoms with van der Waals surface area (Å²) < 4.78 is 0. The lowest BCUT2D eigenvalue weighted by Crippen LogP contribution is -2.44. The summed E-state index contributed by atoms with van der Waals surface area (Å²) in [6.07, 6.45) is 0.561. The lowest BCUT2D eigenvalue weighted by Gasteiger charge is -2.29. The Morgan fingerprint density at radius 1 is 1.50 bits per heavy atom. The SMILES string of the molecule is CC(C)N(CCC(N)=S)C(C)C(=O)O. The zero-order valence-electron chi connectivity index (χ0n) is 8.86. The summed E-state index contributed by atoms with van der Waals surface area (Å²) in [5.41, 5.74) is 5.37. The maximum atomic E-state index is 10.8. The molecule has 0 aliphatic rings. The van der Waals surface area contributed by atoms with Crippen molar-refractivity contribution in [3.05, 3.63) is 0 Å². The standard InChI is InChI=1S/C9H18N2O2S/c1-6(2)11(5-4-8(10)14)7(3)9(12)13/h6-7H,4-5H2,1-3H3,(H2,10,14)(H,12,13). The Bertz CT molecular complexity index is 219. The van der Waals surface area contributed by atoms with Gasteiger partial charge >= 0.3 is 5.97 Å². The molecule has 0 aliphatic heterocycles. The average molecular weight is 218 g/mol. The predicted octanol–water partition coefficient (Wildman–Crippen LogP) is 0.846. The lowest BCUT2D eigenvalue weighted by molar-refractivity contribution is -0.143. The molecule has 0 amide bonds. The van der Waals surface area contributed by atoms with Crippen LogP contribution in [-0.2, 0) is 4.79 Å². The van der Waals surface area contributed by atoms with E-state index >= 15 is 0 Å². The highest BCUT2D eigenvalue weighted by Crippen LogP contribution is 2.06. The average Bonchev–Trinajstić information content (AvgIpc) is 2.02. The molecule has 5 heteroatoms. The highest BCUT2D eigenvalue weighted by Gasteiger charge is 2.22. The number of hydrogen-bond donors (Lipinski definition) is 2. The van der Waals surface area contributed by atoms with Gasteiger partial charge in [-0.3, -0.25) is 9.69 Å². The van der Waals surface area contributed by atoms with Gasteiger partial charge in [0.2, 0.25) is 0 Å². The number of carboxylic acid groups (broad SMARTS) is 1. The fourth-order valence-electron chi connectivity index (χ4n) is 1.28. The van der Waals surface area contributed by atoms with Gasteiger partial charge in [0, 0.05) is 19.0 Å². The molecule has 0 saturated heterocycles. The predicted molar refractivity (Wildman–Crippen MR) is 60.3 cm³/mol. The van der Waals surface area contributed by atoms with E-state index in [2.05, 4.69) is 0 Å². The van der Waals surface area contributed by atoms with Gasteiger partial charge in [-0.25, -0.2) is 0 Å². The number of rotatable bonds is 6. The quantitative estimate of drug-likeness (QED) is 0.647. The lowest BCUT2D eigenvalue weighted by atomic mass is 10.2. The first-order valence-corrected chi connectivity index (χ1v) is 5.04. The third-order valence-electron chi connectivity index (χ3n) is 2.13. The number of carbonyl (C=O) groups is 1. The van der Waals surface area contributed by atoms with E-state index in [-0.39, 0.29) is 6.04 Å². The van der Waals surface area contributed by atoms with Gasteiger partial charge in [0.05, 0.1) is 4.99 Å². The highest BCUT2D eigenvalue weighted by molar-refractivity contribution is 7.80. The first-order chi connectivity index (χ1) is 6.36. The van der Waals surface area contributed by atoms with Gasteiger partial charge in [-0.05, 0) is 20.8 Å². The van der Waals surface area contributed by atoms with Crippen LogP contribution in [0.3, 0.4) is 0 Å². The summed E-state index contributed by atoms with van der Waals surface area (Å²) in [7, 11) is 0. The molecule has 0 aliphatic carbocycles. The molecular formula is C9H18N2O2S. The largest absolute Gasteiger partial charge is 0.480 e. The third-order valence-corrected chi connectivity index (χ3v) is 2.34. The second-order valence-corrected chi connectivity index (χ2v) is 4.09. The monoisotopic (exact) mass is 218 g/mol. The summed E-state index contributed by atoms with van der Waals surface area (Å²) in [5.74, 6) is -0.818. The summed E-state index contributed by atoms with van der Waals surface area (Å²) in [4.78, 5) is 13.1. The van der Waals surface area contributed by atoms with E-state index in [4.69, 9.17) is 23.1 Å². The molecule has 0 saturated carbocycles. The summed E-state index contributed by atoms with van der Waals surface area (Å²) >= 11 is 4.76. The van der Waals surface area contributed by atoms with E-state index in [1.165, 1.54) is 0 Å². The molecule has 0 aromatic carbocycles. The van der Waals surface area contributed by atoms with Gasteiger partial charge < -0.3 is 10.8 Å². The number of hydrogen-bond acceptors (Lipinski definition) is 3. The van der Waals surface area contributed by atoms with Crippen molar-refractivity contribution < 1.29 is 9.90 Å². The van der Waals surface area contributed by atoms with Crippen molar-refractivity contribution in [1.82, 2.24) is 4.90 Å². The normalized spacial score (nSPS) is 13.2. The molecular weight excluding hydrogens is 200 g/mol. The molecule has 3 N–H and O–H groups in total. The maximum Gasteiger partial charge on any atom is 0.320 e. The van der Waals surface area contributed by atoms with Crippen molar-refractivity contribution in [3.63, 3.8) is 0 Å². The first-order valence-electron chi connectivity index (χ1n) is 4.63. The highest BCUT2D eigenvalue weighted by atomic mass is 32.1. The zero-order chi connectivity index (χ0) is 11.3. The van der Waals surface area contributed by atoms with Crippen LogP contribution in [0.2, 0.25) is 0 Å². The topological polar surface area (TPSA) is 66.6 Å². The van der Waals surface area contributed by atoms with Crippen LogP contribution < -0.4 is 5.73 Å². The number of carboxylic acids is 1. The summed E-state index contributed by atoms with van der Waals surface area (Å²) in [6.45, 7) is 6.18. The molecule has 0 spiro atoms. The molecule has 0 aromatic heterocycles. The molecule has 4 nitrogen and oxygen atoms in total. The van der Waals surface area contributed by atoms with Crippen molar-refractivity contribution in [2.75, 3.05) is 6.54 Å². The van der Waals surface area contributed by atoms with Crippen molar-refractivity contribution in [2.24, 2.45) is 5.73 Å². The van der Waals surface area contributed by atoms with Gasteiger partial charge in [0.15, 0.2) is 0 Å². The molecule has 0 rings (SSSR count). The van der Waals surface area contributed by atoms with Crippen LogP contribution in [0.5, 0.6) is 0 Å². The Hall–Kier alpha value is -0.680. The second kappa shape index (κ2) is 5.93. The summed E-state index contributed by atoms with van der Waals surface area (Å²) in [5, 5.41) is 8.86. The zero-order valence-corrected chi connectivity index (χ0v) is 9.67. The Balaban J connectivity index is 4.29. The minimum atomic E-state index is -0.818. The van der Waals surface area contributed by atoms with Gasteiger partial charge in [0.25, 0.3) is 0 Å². The van der Waals surface area contributed by atoms with Gasteiger partial charge in [0.1, 0.15) is 6.04 Å². The molecule has 0 bridgehead atoms. The molecule has 0 fully saturated rings. The molecule has 0 aromatic rings. The van der Waals surface area contributed by atoms with E-state index in [0.717, 1.165) is 0 Å². The number of thiocarbonyl (C=S) groups is 1. The van der Waals surface area contributed by atoms with E-state index < -0.39 is 12.0 Å². The van der Waals surface area contributed by atoms with Gasteiger partial charge in [-0.15, -0.1) is 0 Å². The Morgan fingerprint density at radius 2 is 2.00 bits per heavy atom. The molecule has 0 heterocycles. The van der Waals surface area contributed by atoms with Crippen LogP contribution >= 0.6 is 12.2 Å². The van der Waals surface area contributed by atoms with Crippen LogP contribution in [0.15, 0.2) is 0 Å². The third kappa shape index (κ3) is 4.53. The van der Waals surface area contributed by atoms with Crippen LogP contribution in [0, 0.1) is 0 Å².